The first kappa shape index (κ1) is 17.7. The standard InChI is InChI=1S/C17H18ClN3O3/c1-10-4-7-14(13(18)8-10)21-16(23)15(22)19-9-12-6-5-11(2)20-17(12)24-3/h4-8H,9H2,1-3H3,(H,19,22)(H,21,23). The number of methoxy groups -OCH3 is 1. The first-order valence-corrected chi connectivity index (χ1v) is 7.64. The molecule has 0 saturated carbocycles. The van der Waals surface area contributed by atoms with E-state index in [2.05, 4.69) is 15.6 Å². The van der Waals surface area contributed by atoms with Gasteiger partial charge in [-0.15, -0.1) is 0 Å². The van der Waals surface area contributed by atoms with Crippen LogP contribution in [0.25, 0.3) is 0 Å². The molecule has 0 aliphatic rings. The average molecular weight is 348 g/mol. The molecule has 0 bridgehead atoms. The van der Waals surface area contributed by atoms with Crippen LogP contribution in [-0.4, -0.2) is 23.9 Å². The first-order valence-electron chi connectivity index (χ1n) is 7.26. The highest BCUT2D eigenvalue weighted by Crippen LogP contribution is 2.22. The fraction of sp³-hybridized carbons (Fsp3) is 0.235. The van der Waals surface area contributed by atoms with E-state index >= 15 is 0 Å². The van der Waals surface area contributed by atoms with Gasteiger partial charge in [0.05, 0.1) is 17.8 Å². The molecule has 0 atom stereocenters. The Morgan fingerprint density at radius 1 is 1.17 bits per heavy atom. The van der Waals surface area contributed by atoms with E-state index in [1.807, 2.05) is 13.8 Å². The molecule has 0 aliphatic carbocycles. The molecule has 24 heavy (non-hydrogen) atoms. The summed E-state index contributed by atoms with van der Waals surface area (Å²) >= 11 is 6.03. The summed E-state index contributed by atoms with van der Waals surface area (Å²) in [6.45, 7) is 3.85. The summed E-state index contributed by atoms with van der Waals surface area (Å²) in [5, 5.41) is 5.39. The van der Waals surface area contributed by atoms with Crippen LogP contribution in [0.5, 0.6) is 5.88 Å². The van der Waals surface area contributed by atoms with Gasteiger partial charge in [-0.1, -0.05) is 23.7 Å². The van der Waals surface area contributed by atoms with Crippen LogP contribution in [0.2, 0.25) is 5.02 Å². The number of anilines is 1. The van der Waals surface area contributed by atoms with E-state index in [4.69, 9.17) is 16.3 Å². The normalized spacial score (nSPS) is 10.2. The number of aromatic nitrogens is 1. The minimum absolute atomic E-state index is 0.129. The van der Waals surface area contributed by atoms with Crippen molar-refractivity contribution >= 4 is 29.1 Å². The van der Waals surface area contributed by atoms with Gasteiger partial charge in [-0.25, -0.2) is 4.98 Å². The zero-order valence-corrected chi connectivity index (χ0v) is 14.4. The lowest BCUT2D eigenvalue weighted by Crippen LogP contribution is -2.35. The fourth-order valence-corrected chi connectivity index (χ4v) is 2.31. The quantitative estimate of drug-likeness (QED) is 0.833. The number of ether oxygens (including phenoxy) is 1. The average Bonchev–Trinajstić information content (AvgIpc) is 2.55. The number of carbonyl (C=O) groups excluding carboxylic acids is 2. The molecule has 0 radical (unpaired) electrons. The van der Waals surface area contributed by atoms with E-state index in [1.165, 1.54) is 7.11 Å². The number of halogens is 1. The van der Waals surface area contributed by atoms with E-state index in [0.29, 0.717) is 22.2 Å². The maximum Gasteiger partial charge on any atom is 0.313 e. The minimum Gasteiger partial charge on any atom is -0.481 e. The van der Waals surface area contributed by atoms with Gasteiger partial charge in [0.1, 0.15) is 0 Å². The largest absolute Gasteiger partial charge is 0.481 e. The lowest BCUT2D eigenvalue weighted by atomic mass is 10.2. The summed E-state index contributed by atoms with van der Waals surface area (Å²) in [4.78, 5) is 28.1. The number of pyridine rings is 1. The monoisotopic (exact) mass is 347 g/mol. The highest BCUT2D eigenvalue weighted by atomic mass is 35.5. The van der Waals surface area contributed by atoms with E-state index in [-0.39, 0.29) is 6.54 Å². The summed E-state index contributed by atoms with van der Waals surface area (Å²) in [5.41, 5.74) is 2.82. The summed E-state index contributed by atoms with van der Waals surface area (Å²) < 4.78 is 5.16. The van der Waals surface area contributed by atoms with Gasteiger partial charge in [0, 0.05) is 17.8 Å². The van der Waals surface area contributed by atoms with Crippen LogP contribution in [0.3, 0.4) is 0 Å². The van der Waals surface area contributed by atoms with Crippen molar-refractivity contribution in [3.05, 3.63) is 52.2 Å². The number of benzene rings is 1. The summed E-state index contributed by atoms with van der Waals surface area (Å²) in [6, 6.07) is 8.74. The van der Waals surface area contributed by atoms with Gasteiger partial charge in [-0.2, -0.15) is 0 Å². The van der Waals surface area contributed by atoms with E-state index in [9.17, 15) is 9.59 Å². The SMILES string of the molecule is COc1nc(C)ccc1CNC(=O)C(=O)Nc1ccc(C)cc1Cl. The summed E-state index contributed by atoms with van der Waals surface area (Å²) in [7, 11) is 1.50. The Hall–Kier alpha value is -2.60. The maximum absolute atomic E-state index is 12.0. The number of hydrogen-bond donors (Lipinski definition) is 2. The Kier molecular flexibility index (Phi) is 5.76. The third kappa shape index (κ3) is 4.45. The highest BCUT2D eigenvalue weighted by molar-refractivity contribution is 6.41. The number of aryl methyl sites for hydroxylation is 2. The van der Waals surface area contributed by atoms with Crippen molar-refractivity contribution < 1.29 is 14.3 Å². The second-order valence-corrected chi connectivity index (χ2v) is 5.65. The van der Waals surface area contributed by atoms with Crippen molar-refractivity contribution in [1.29, 1.82) is 0 Å². The number of rotatable bonds is 4. The Balaban J connectivity index is 1.98. The molecule has 2 aromatic rings. The van der Waals surface area contributed by atoms with E-state index in [0.717, 1.165) is 11.3 Å². The second-order valence-electron chi connectivity index (χ2n) is 5.24. The Labute approximate surface area is 145 Å². The number of carbonyl (C=O) groups is 2. The first-order chi connectivity index (χ1) is 11.4. The predicted octanol–water partition coefficient (Wildman–Crippen LogP) is 2.62. The molecule has 2 amide bonds. The molecule has 1 aromatic carbocycles. The molecule has 0 saturated heterocycles. The third-order valence-corrected chi connectivity index (χ3v) is 3.60. The molecule has 2 rings (SSSR count). The van der Waals surface area contributed by atoms with Crippen molar-refractivity contribution in [2.75, 3.05) is 12.4 Å². The Morgan fingerprint density at radius 2 is 1.92 bits per heavy atom. The summed E-state index contributed by atoms with van der Waals surface area (Å²) in [5.74, 6) is -1.15. The molecule has 126 valence electrons. The Morgan fingerprint density at radius 3 is 2.58 bits per heavy atom. The van der Waals surface area contributed by atoms with Gasteiger partial charge in [-0.3, -0.25) is 9.59 Å². The lowest BCUT2D eigenvalue weighted by Gasteiger charge is -2.10. The Bertz CT molecular complexity index is 778. The second kappa shape index (κ2) is 7.79. The van der Waals surface area contributed by atoms with Gasteiger partial charge in [0.15, 0.2) is 0 Å². The van der Waals surface area contributed by atoms with Crippen molar-refractivity contribution in [2.24, 2.45) is 0 Å². The van der Waals surface area contributed by atoms with Crippen LogP contribution >= 0.6 is 11.6 Å². The number of amides is 2. The van der Waals surface area contributed by atoms with Gasteiger partial charge in [0.25, 0.3) is 0 Å². The van der Waals surface area contributed by atoms with Gasteiger partial charge >= 0.3 is 11.8 Å². The van der Waals surface area contributed by atoms with Crippen LogP contribution in [-0.2, 0) is 16.1 Å². The molecule has 0 fully saturated rings. The van der Waals surface area contributed by atoms with Gasteiger partial charge in [-0.05, 0) is 37.6 Å². The number of hydrogen-bond acceptors (Lipinski definition) is 4. The molecular weight excluding hydrogens is 330 g/mol. The predicted molar refractivity (Wildman–Crippen MR) is 92.2 cm³/mol. The molecule has 0 spiro atoms. The van der Waals surface area contributed by atoms with Crippen molar-refractivity contribution in [1.82, 2.24) is 10.3 Å². The summed E-state index contributed by atoms with van der Waals surface area (Å²) in [6.07, 6.45) is 0. The minimum atomic E-state index is -0.792. The fourth-order valence-electron chi connectivity index (χ4n) is 2.03. The third-order valence-electron chi connectivity index (χ3n) is 3.29. The molecule has 1 aromatic heterocycles. The molecule has 6 nitrogen and oxygen atoms in total. The number of nitrogens with zero attached hydrogens (tertiary/aromatic N) is 1. The molecular formula is C17H18ClN3O3. The maximum atomic E-state index is 12.0. The van der Waals surface area contributed by atoms with Gasteiger partial charge in [0.2, 0.25) is 5.88 Å². The molecule has 0 unspecified atom stereocenters. The van der Waals surface area contributed by atoms with E-state index < -0.39 is 11.8 Å². The van der Waals surface area contributed by atoms with E-state index in [1.54, 1.807) is 30.3 Å². The molecule has 0 aliphatic heterocycles. The topological polar surface area (TPSA) is 80.3 Å². The number of nitrogens with one attached hydrogen (secondary N) is 2. The zero-order chi connectivity index (χ0) is 17.7. The molecule has 1 heterocycles. The van der Waals surface area contributed by atoms with Crippen LogP contribution in [0, 0.1) is 13.8 Å². The smallest absolute Gasteiger partial charge is 0.313 e. The van der Waals surface area contributed by atoms with Crippen molar-refractivity contribution in [3.63, 3.8) is 0 Å². The van der Waals surface area contributed by atoms with Crippen LogP contribution in [0.4, 0.5) is 5.69 Å². The molecule has 2 N–H and O–H groups in total. The lowest BCUT2D eigenvalue weighted by molar-refractivity contribution is -0.136. The van der Waals surface area contributed by atoms with Crippen molar-refractivity contribution in [2.45, 2.75) is 20.4 Å². The zero-order valence-electron chi connectivity index (χ0n) is 13.6. The van der Waals surface area contributed by atoms with Crippen LogP contribution in [0.1, 0.15) is 16.8 Å². The highest BCUT2D eigenvalue weighted by Gasteiger charge is 2.16. The van der Waals surface area contributed by atoms with Crippen molar-refractivity contribution in [3.8, 4) is 5.88 Å². The molecule has 7 heteroatoms. The van der Waals surface area contributed by atoms with Crippen LogP contribution in [0.15, 0.2) is 30.3 Å². The van der Waals surface area contributed by atoms with Crippen LogP contribution < -0.4 is 15.4 Å². The van der Waals surface area contributed by atoms with Gasteiger partial charge < -0.3 is 15.4 Å².